The number of aliphatic hydroxyl groups is 1. The summed E-state index contributed by atoms with van der Waals surface area (Å²) in [7, 11) is 0. The number of amides is 1. The molecule has 2 atom stereocenters. The minimum absolute atomic E-state index is 0.285. The Hall–Kier alpha value is -3.71. The molecule has 39 heavy (non-hydrogen) atoms. The zero-order chi connectivity index (χ0) is 28.4. The van der Waals surface area contributed by atoms with E-state index in [1.807, 2.05) is 31.2 Å². The van der Waals surface area contributed by atoms with Gasteiger partial charge in [0.15, 0.2) is 0 Å². The summed E-state index contributed by atoms with van der Waals surface area (Å²) in [4.78, 5) is 19.5. The number of morpholine rings is 1. The Morgan fingerprint density at radius 3 is 2.87 bits per heavy atom. The van der Waals surface area contributed by atoms with E-state index in [1.54, 1.807) is 32.2 Å². The summed E-state index contributed by atoms with van der Waals surface area (Å²) in [6, 6.07) is 11.3. The number of carbonyl (C=O) groups excluding carboxylic acids is 1. The number of nitrogens with two attached hydrogens (primary N) is 2. The summed E-state index contributed by atoms with van der Waals surface area (Å²) in [5, 5.41) is 23.2. The first-order chi connectivity index (χ1) is 18.5. The zero-order valence-electron chi connectivity index (χ0n) is 23.1. The van der Waals surface area contributed by atoms with Crippen molar-refractivity contribution < 1.29 is 14.6 Å². The molecule has 2 aromatic rings. The molecule has 2 aliphatic heterocycles. The summed E-state index contributed by atoms with van der Waals surface area (Å²) in [6.45, 7) is 9.11. The molecule has 0 bridgehead atoms. The molecule has 1 aromatic heterocycles. The minimum atomic E-state index is -0.856. The molecule has 1 fully saturated rings. The van der Waals surface area contributed by atoms with Crippen molar-refractivity contribution in [3.8, 4) is 6.07 Å². The number of aryl methyl sites for hydroxylation is 1. The predicted molar refractivity (Wildman–Crippen MR) is 151 cm³/mol. The summed E-state index contributed by atoms with van der Waals surface area (Å²) < 4.78 is 5.63. The van der Waals surface area contributed by atoms with Crippen molar-refractivity contribution in [3.63, 3.8) is 0 Å². The molecule has 1 saturated heterocycles. The van der Waals surface area contributed by atoms with Gasteiger partial charge in [0.2, 0.25) is 0 Å². The summed E-state index contributed by atoms with van der Waals surface area (Å²) in [5.74, 6) is -0.285. The number of nitriles is 1. The average Bonchev–Trinajstić information content (AvgIpc) is 2.91. The van der Waals surface area contributed by atoms with Gasteiger partial charge in [-0.1, -0.05) is 19.4 Å². The van der Waals surface area contributed by atoms with Gasteiger partial charge in [0.1, 0.15) is 5.66 Å². The van der Waals surface area contributed by atoms with Crippen molar-refractivity contribution >= 4 is 17.2 Å². The first-order valence-electron chi connectivity index (χ1n) is 13.3. The van der Waals surface area contributed by atoms with Gasteiger partial charge >= 0.3 is 0 Å². The van der Waals surface area contributed by atoms with Crippen LogP contribution in [0.25, 0.3) is 5.57 Å². The standard InChI is InChI=1S/C30H38N6O3/c1-5-6-20(13-24-27(32)25(37)16-30(33)18-39-12-11-36(24)30)23-15-22(8-7-19(23)2)35-28(38)21-9-10-34-26(14-21)29(3,4)17-31/h7-10,13-15,25,37H,5-6,11-12,16,18,32-33H2,1-4H3,(H,35,38)/b20-13+/t25-,30?/m1/s1. The van der Waals surface area contributed by atoms with Crippen molar-refractivity contribution in [2.24, 2.45) is 11.5 Å². The van der Waals surface area contributed by atoms with Gasteiger partial charge in [0.05, 0.1) is 47.9 Å². The highest BCUT2D eigenvalue weighted by Gasteiger charge is 2.43. The number of rotatable bonds is 7. The van der Waals surface area contributed by atoms with Crippen LogP contribution >= 0.6 is 0 Å². The highest BCUT2D eigenvalue weighted by atomic mass is 16.5. The second-order valence-electron chi connectivity index (χ2n) is 10.9. The van der Waals surface area contributed by atoms with E-state index in [0.29, 0.717) is 48.8 Å². The van der Waals surface area contributed by atoms with Crippen molar-refractivity contribution in [1.82, 2.24) is 9.88 Å². The molecule has 9 heteroatoms. The number of allylic oxidation sites excluding steroid dienone is 2. The molecule has 1 aromatic carbocycles. The van der Waals surface area contributed by atoms with Crippen LogP contribution in [0.1, 0.15) is 67.2 Å². The van der Waals surface area contributed by atoms with Crippen LogP contribution in [-0.4, -0.2) is 52.4 Å². The van der Waals surface area contributed by atoms with Crippen LogP contribution in [0.15, 0.2) is 54.0 Å². The number of aromatic nitrogens is 1. The van der Waals surface area contributed by atoms with Crippen molar-refractivity contribution in [1.29, 1.82) is 5.26 Å². The lowest BCUT2D eigenvalue weighted by Crippen LogP contribution is -2.66. The number of hydrogen-bond acceptors (Lipinski definition) is 8. The lowest BCUT2D eigenvalue weighted by Gasteiger charge is -2.50. The van der Waals surface area contributed by atoms with Crippen molar-refractivity contribution in [3.05, 3.63) is 76.4 Å². The smallest absolute Gasteiger partial charge is 0.255 e. The van der Waals surface area contributed by atoms with E-state index in [4.69, 9.17) is 16.2 Å². The quantitative estimate of drug-likeness (QED) is 0.424. The fourth-order valence-electron chi connectivity index (χ4n) is 5.11. The average molecular weight is 531 g/mol. The van der Waals surface area contributed by atoms with Crippen LogP contribution in [0.2, 0.25) is 0 Å². The lowest BCUT2D eigenvalue weighted by atomic mass is 9.89. The van der Waals surface area contributed by atoms with Crippen LogP contribution in [0.3, 0.4) is 0 Å². The summed E-state index contributed by atoms with van der Waals surface area (Å²) in [5.41, 5.74) is 17.3. The molecule has 9 nitrogen and oxygen atoms in total. The zero-order valence-corrected chi connectivity index (χ0v) is 23.1. The molecule has 0 saturated carbocycles. The second-order valence-corrected chi connectivity index (χ2v) is 10.9. The number of hydrogen-bond donors (Lipinski definition) is 4. The number of nitrogens with zero attached hydrogens (tertiary/aromatic N) is 3. The monoisotopic (exact) mass is 530 g/mol. The first kappa shape index (κ1) is 28.3. The van der Waals surface area contributed by atoms with Crippen molar-refractivity contribution in [2.45, 2.75) is 64.1 Å². The predicted octanol–water partition coefficient (Wildman–Crippen LogP) is 3.55. The fraction of sp³-hybridized carbons (Fsp3) is 0.433. The number of nitrogens with one attached hydrogen (secondary N) is 1. The van der Waals surface area contributed by atoms with Gasteiger partial charge in [0.25, 0.3) is 5.91 Å². The molecule has 0 radical (unpaired) electrons. The van der Waals surface area contributed by atoms with Gasteiger partial charge in [-0.3, -0.25) is 9.78 Å². The molecule has 0 spiro atoms. The Balaban J connectivity index is 1.68. The second kappa shape index (κ2) is 11.2. The molecule has 4 rings (SSSR count). The molecule has 6 N–H and O–H groups in total. The maximum absolute atomic E-state index is 13.1. The Morgan fingerprint density at radius 1 is 1.38 bits per heavy atom. The van der Waals surface area contributed by atoms with Gasteiger partial charge in [0, 0.05) is 30.4 Å². The van der Waals surface area contributed by atoms with Gasteiger partial charge in [-0.25, -0.2) is 0 Å². The Kier molecular flexibility index (Phi) is 8.12. The molecular formula is C30H38N6O3. The van der Waals surface area contributed by atoms with E-state index >= 15 is 0 Å². The molecule has 1 unspecified atom stereocenters. The Bertz CT molecular complexity index is 1360. The summed E-state index contributed by atoms with van der Waals surface area (Å²) in [6.07, 6.45) is 4.69. The highest BCUT2D eigenvalue weighted by molar-refractivity contribution is 6.04. The van der Waals surface area contributed by atoms with E-state index in [9.17, 15) is 15.2 Å². The Labute approximate surface area is 230 Å². The van der Waals surface area contributed by atoms with Crippen LogP contribution in [0.4, 0.5) is 5.69 Å². The van der Waals surface area contributed by atoms with E-state index in [0.717, 1.165) is 35.2 Å². The fourth-order valence-corrected chi connectivity index (χ4v) is 5.11. The lowest BCUT2D eigenvalue weighted by molar-refractivity contribution is -0.0741. The third-order valence-corrected chi connectivity index (χ3v) is 7.45. The maximum atomic E-state index is 13.1. The molecular weight excluding hydrogens is 492 g/mol. The van der Waals surface area contributed by atoms with Crippen LogP contribution in [0.5, 0.6) is 0 Å². The van der Waals surface area contributed by atoms with E-state index < -0.39 is 17.2 Å². The topological polar surface area (TPSA) is 151 Å². The Morgan fingerprint density at radius 2 is 2.15 bits per heavy atom. The largest absolute Gasteiger partial charge is 0.398 e. The molecule has 1 amide bonds. The van der Waals surface area contributed by atoms with Gasteiger partial charge < -0.3 is 31.5 Å². The molecule has 2 aliphatic rings. The van der Waals surface area contributed by atoms with E-state index in [-0.39, 0.29) is 5.91 Å². The number of carbonyl (C=O) groups is 1. The maximum Gasteiger partial charge on any atom is 0.255 e. The third-order valence-electron chi connectivity index (χ3n) is 7.45. The van der Waals surface area contributed by atoms with Crippen LogP contribution < -0.4 is 16.8 Å². The van der Waals surface area contributed by atoms with E-state index in [2.05, 4.69) is 28.2 Å². The van der Waals surface area contributed by atoms with E-state index in [1.165, 1.54) is 0 Å². The number of benzene rings is 1. The normalized spacial score (nSPS) is 21.8. The molecule has 0 aliphatic carbocycles. The number of fused-ring (bicyclic) bond motifs is 1. The number of anilines is 1. The minimum Gasteiger partial charge on any atom is -0.398 e. The number of ether oxygens (including phenoxy) is 1. The van der Waals surface area contributed by atoms with Crippen LogP contribution in [-0.2, 0) is 10.2 Å². The SMILES string of the molecule is CCC/C(=C\C1=C(N)[C@H](O)CC2(N)COCCN12)c1cc(NC(=O)c2ccnc(C(C)(C)C#N)c2)ccc1C. The number of aliphatic hydroxyl groups excluding tert-OH is 1. The molecule has 206 valence electrons. The highest BCUT2D eigenvalue weighted by Crippen LogP contribution is 2.36. The first-order valence-corrected chi connectivity index (χ1v) is 13.3. The number of pyridine rings is 1. The van der Waals surface area contributed by atoms with Crippen LogP contribution in [0, 0.1) is 18.3 Å². The molecule has 3 heterocycles. The van der Waals surface area contributed by atoms with Gasteiger partial charge in [-0.15, -0.1) is 0 Å². The van der Waals surface area contributed by atoms with Gasteiger partial charge in [-0.2, -0.15) is 5.26 Å². The summed E-state index contributed by atoms with van der Waals surface area (Å²) >= 11 is 0. The third kappa shape index (κ3) is 5.83. The van der Waals surface area contributed by atoms with Crippen molar-refractivity contribution in [2.75, 3.05) is 25.1 Å². The van der Waals surface area contributed by atoms with Gasteiger partial charge in [-0.05, 0) is 74.2 Å².